The Morgan fingerprint density at radius 3 is 2.39 bits per heavy atom. The van der Waals surface area contributed by atoms with Crippen molar-refractivity contribution in [2.45, 2.75) is 37.9 Å². The molecule has 0 aliphatic heterocycles. The van der Waals surface area contributed by atoms with Crippen molar-refractivity contribution in [2.75, 3.05) is 6.54 Å². The molecule has 2 heterocycles. The van der Waals surface area contributed by atoms with E-state index < -0.39 is 17.8 Å². The minimum atomic E-state index is -4.53. The number of nitrogens with zero attached hydrogens (tertiary/aromatic N) is 2. The molecule has 1 atom stereocenters. The van der Waals surface area contributed by atoms with E-state index in [0.717, 1.165) is 5.56 Å². The van der Waals surface area contributed by atoms with E-state index in [1.54, 1.807) is 18.3 Å². The Bertz CT molecular complexity index is 965. The van der Waals surface area contributed by atoms with Crippen molar-refractivity contribution in [1.82, 2.24) is 14.7 Å². The molecule has 2 N–H and O–H groups in total. The van der Waals surface area contributed by atoms with Gasteiger partial charge in [0, 0.05) is 19.2 Å². The van der Waals surface area contributed by atoms with Crippen LogP contribution in [0.5, 0.6) is 0 Å². The van der Waals surface area contributed by atoms with Crippen LogP contribution in [0.15, 0.2) is 54.7 Å². The third-order valence-corrected chi connectivity index (χ3v) is 4.84. The van der Waals surface area contributed by atoms with Gasteiger partial charge in [-0.05, 0) is 43.0 Å². The summed E-state index contributed by atoms with van der Waals surface area (Å²) in [7, 11) is 0. The fourth-order valence-corrected chi connectivity index (χ4v) is 3.43. The molecule has 2 aromatic heterocycles. The number of aliphatic carboxylic acids is 1. The number of alkyl halides is 3. The van der Waals surface area contributed by atoms with Gasteiger partial charge < -0.3 is 14.8 Å². The van der Waals surface area contributed by atoms with Gasteiger partial charge in [0.2, 0.25) is 0 Å². The molecule has 0 saturated carbocycles. The number of pyridine rings is 1. The first kappa shape index (κ1) is 26.7. The van der Waals surface area contributed by atoms with E-state index in [0.29, 0.717) is 19.4 Å². The van der Waals surface area contributed by atoms with Crippen molar-refractivity contribution < 1.29 is 23.1 Å². The first-order chi connectivity index (χ1) is 13.9. The summed E-state index contributed by atoms with van der Waals surface area (Å²) >= 11 is 0. The first-order valence-electron chi connectivity index (χ1n) is 9.37. The molecule has 0 saturated heterocycles. The van der Waals surface area contributed by atoms with Crippen LogP contribution in [0, 0.1) is 0 Å². The third kappa shape index (κ3) is 7.12. The second-order valence-electron chi connectivity index (χ2n) is 6.84. The molecule has 0 amide bonds. The monoisotopic (exact) mass is 477 g/mol. The largest absolute Gasteiger partial charge is 0.481 e. The molecule has 1 unspecified atom stereocenters. The lowest BCUT2D eigenvalue weighted by Gasteiger charge is -2.17. The van der Waals surface area contributed by atoms with Crippen molar-refractivity contribution in [3.05, 3.63) is 71.7 Å². The fraction of sp³-hybridized carbons (Fsp3) is 0.333. The summed E-state index contributed by atoms with van der Waals surface area (Å²) in [5, 5.41) is 12.1. The lowest BCUT2D eigenvalue weighted by atomic mass is 9.91. The summed E-state index contributed by atoms with van der Waals surface area (Å²) in [6.07, 6.45) is -1.82. The normalized spacial score (nSPS) is 12.1. The van der Waals surface area contributed by atoms with Crippen LogP contribution in [0.25, 0.3) is 5.65 Å². The lowest BCUT2D eigenvalue weighted by Crippen LogP contribution is -2.21. The van der Waals surface area contributed by atoms with E-state index in [1.807, 2.05) is 30.3 Å². The van der Waals surface area contributed by atoms with Gasteiger partial charge in [0.25, 0.3) is 0 Å². The van der Waals surface area contributed by atoms with E-state index in [4.69, 9.17) is 5.11 Å². The number of carboxylic acids is 1. The highest BCUT2D eigenvalue weighted by Gasteiger charge is 2.37. The number of rotatable bonds is 9. The summed E-state index contributed by atoms with van der Waals surface area (Å²) < 4.78 is 41.5. The molecule has 0 aliphatic rings. The summed E-state index contributed by atoms with van der Waals surface area (Å²) in [5.74, 6) is -0.844. The zero-order valence-corrected chi connectivity index (χ0v) is 18.1. The van der Waals surface area contributed by atoms with Gasteiger partial charge in [0.1, 0.15) is 5.65 Å². The number of nitrogens with one attached hydrogen (secondary N) is 1. The van der Waals surface area contributed by atoms with E-state index in [1.165, 1.54) is 10.5 Å². The Kier molecular flexibility index (Phi) is 10.3. The Hall–Kier alpha value is -2.29. The zero-order valence-electron chi connectivity index (χ0n) is 16.5. The van der Waals surface area contributed by atoms with Gasteiger partial charge in [-0.2, -0.15) is 13.2 Å². The van der Waals surface area contributed by atoms with Crippen LogP contribution in [0.4, 0.5) is 13.2 Å². The van der Waals surface area contributed by atoms with Crippen molar-refractivity contribution in [3.63, 3.8) is 0 Å². The molecular weight excluding hydrogens is 454 g/mol. The lowest BCUT2D eigenvalue weighted by molar-refractivity contribution is -0.141. The predicted octanol–water partition coefficient (Wildman–Crippen LogP) is 5.33. The van der Waals surface area contributed by atoms with Crippen molar-refractivity contribution in [3.8, 4) is 0 Å². The van der Waals surface area contributed by atoms with Gasteiger partial charge in [-0.15, -0.1) is 24.8 Å². The smallest absolute Gasteiger partial charge is 0.435 e. The number of hydrogen-bond acceptors (Lipinski definition) is 3. The van der Waals surface area contributed by atoms with Gasteiger partial charge in [-0.25, -0.2) is 4.98 Å². The van der Waals surface area contributed by atoms with Crippen LogP contribution >= 0.6 is 24.8 Å². The van der Waals surface area contributed by atoms with Crippen LogP contribution in [-0.4, -0.2) is 27.0 Å². The minimum Gasteiger partial charge on any atom is -0.481 e. The number of carboxylic acid groups (broad SMARTS) is 1. The highest BCUT2D eigenvalue weighted by Crippen LogP contribution is 2.32. The van der Waals surface area contributed by atoms with Gasteiger partial charge >= 0.3 is 12.1 Å². The van der Waals surface area contributed by atoms with E-state index in [9.17, 15) is 18.0 Å². The first-order valence-corrected chi connectivity index (χ1v) is 9.37. The van der Waals surface area contributed by atoms with E-state index in [-0.39, 0.29) is 55.0 Å². The van der Waals surface area contributed by atoms with Crippen molar-refractivity contribution >= 4 is 36.4 Å². The highest BCUT2D eigenvalue weighted by atomic mass is 35.5. The predicted molar refractivity (Wildman–Crippen MR) is 117 cm³/mol. The van der Waals surface area contributed by atoms with Crippen molar-refractivity contribution in [2.24, 2.45) is 0 Å². The van der Waals surface area contributed by atoms with Gasteiger partial charge in [0.15, 0.2) is 5.69 Å². The molecule has 3 rings (SSSR count). The maximum Gasteiger partial charge on any atom is 0.435 e. The van der Waals surface area contributed by atoms with Gasteiger partial charge in [0.05, 0.1) is 5.69 Å². The molecule has 170 valence electrons. The Morgan fingerprint density at radius 1 is 1.06 bits per heavy atom. The second kappa shape index (κ2) is 11.9. The topological polar surface area (TPSA) is 66.6 Å². The molecular formula is C21H24Cl2F3N3O2. The SMILES string of the molecule is Cl.Cl.O=C(O)CCC(CCNCc1c(C(F)(F)F)nc2ccccn12)c1ccccc1. The quantitative estimate of drug-likeness (QED) is 0.409. The Balaban J connectivity index is 0.00000240. The van der Waals surface area contributed by atoms with Crippen molar-refractivity contribution in [1.29, 1.82) is 0 Å². The summed E-state index contributed by atoms with van der Waals surface area (Å²) in [6.45, 7) is 0.469. The maximum absolute atomic E-state index is 13.4. The molecule has 0 bridgehead atoms. The minimum absolute atomic E-state index is 0. The number of benzene rings is 1. The number of imidazole rings is 1. The number of aromatic nitrogens is 2. The molecule has 0 spiro atoms. The van der Waals surface area contributed by atoms with Gasteiger partial charge in [-0.3, -0.25) is 4.79 Å². The summed E-state index contributed by atoms with van der Waals surface area (Å²) in [5.41, 5.74) is 0.457. The van der Waals surface area contributed by atoms with Crippen LogP contribution < -0.4 is 5.32 Å². The number of halogens is 5. The van der Waals surface area contributed by atoms with E-state index in [2.05, 4.69) is 10.3 Å². The average molecular weight is 478 g/mol. The average Bonchev–Trinajstić information content (AvgIpc) is 3.07. The molecule has 31 heavy (non-hydrogen) atoms. The van der Waals surface area contributed by atoms with Crippen LogP contribution in [0.3, 0.4) is 0 Å². The zero-order chi connectivity index (χ0) is 20.9. The highest BCUT2D eigenvalue weighted by molar-refractivity contribution is 5.85. The number of hydrogen-bond donors (Lipinski definition) is 2. The fourth-order valence-electron chi connectivity index (χ4n) is 3.43. The Labute approximate surface area is 190 Å². The third-order valence-electron chi connectivity index (χ3n) is 4.84. The molecule has 0 fully saturated rings. The van der Waals surface area contributed by atoms with E-state index >= 15 is 0 Å². The maximum atomic E-state index is 13.4. The van der Waals surface area contributed by atoms with Crippen LogP contribution in [-0.2, 0) is 17.5 Å². The Morgan fingerprint density at radius 2 is 1.74 bits per heavy atom. The molecule has 3 aromatic rings. The standard InChI is InChI=1S/C21H22F3N3O2.2ClH/c22-21(23,24)20-17(27-13-5-4-8-18(27)26-20)14-25-12-11-16(9-10-19(28)29)15-6-2-1-3-7-15;;/h1-8,13,16,25H,9-12,14H2,(H,28,29);2*1H. The molecule has 10 heteroatoms. The molecule has 0 radical (unpaired) electrons. The molecule has 1 aromatic carbocycles. The summed E-state index contributed by atoms with van der Waals surface area (Å²) in [6, 6.07) is 14.4. The van der Waals surface area contributed by atoms with Crippen LogP contribution in [0.2, 0.25) is 0 Å². The van der Waals surface area contributed by atoms with Crippen LogP contribution in [0.1, 0.15) is 42.1 Å². The molecule has 0 aliphatic carbocycles. The van der Waals surface area contributed by atoms with Gasteiger partial charge in [-0.1, -0.05) is 36.4 Å². The second-order valence-corrected chi connectivity index (χ2v) is 6.84. The number of fused-ring (bicyclic) bond motifs is 1. The molecule has 5 nitrogen and oxygen atoms in total. The summed E-state index contributed by atoms with van der Waals surface area (Å²) in [4.78, 5) is 14.7. The number of carbonyl (C=O) groups is 1.